The van der Waals surface area contributed by atoms with Crippen LogP contribution in [0, 0.1) is 0 Å². The Bertz CT molecular complexity index is 1180. The molecule has 4 aromatic heterocycles. The van der Waals surface area contributed by atoms with Gasteiger partial charge in [-0.25, -0.2) is 4.98 Å². The van der Waals surface area contributed by atoms with Crippen molar-refractivity contribution in [2.75, 3.05) is 5.73 Å². The largest absolute Gasteiger partial charge is 0.396 e. The number of nitrogen functional groups attached to an aromatic ring is 1. The number of hydrogen-bond acceptors (Lipinski definition) is 8. The minimum atomic E-state index is -0.900. The van der Waals surface area contributed by atoms with E-state index >= 15 is 0 Å². The summed E-state index contributed by atoms with van der Waals surface area (Å²) in [5, 5.41) is 29.3. The number of thiazole rings is 1. The summed E-state index contributed by atoms with van der Waals surface area (Å²) >= 11 is 1.60. The first kappa shape index (κ1) is 17.0. The third-order valence-corrected chi connectivity index (χ3v) is 5.93. The quantitative estimate of drug-likeness (QED) is 0.473. The fraction of sp³-hybridized carbons (Fsp3) is 0.294. The van der Waals surface area contributed by atoms with E-state index in [4.69, 9.17) is 10.7 Å². The molecule has 1 aliphatic rings. The van der Waals surface area contributed by atoms with Crippen LogP contribution in [0.3, 0.4) is 0 Å². The first-order valence-corrected chi connectivity index (χ1v) is 9.56. The summed E-state index contributed by atoms with van der Waals surface area (Å²) in [6, 6.07) is 1.94. The first-order chi connectivity index (χ1) is 13.5. The third-order valence-electron chi connectivity index (χ3n) is 4.86. The first-order valence-electron chi connectivity index (χ1n) is 8.74. The molecule has 4 N–H and O–H groups in total. The third kappa shape index (κ3) is 2.59. The van der Waals surface area contributed by atoms with Crippen molar-refractivity contribution in [3.63, 3.8) is 0 Å². The zero-order valence-electron chi connectivity index (χ0n) is 15.4. The Morgan fingerprint density at radius 1 is 1.36 bits per heavy atom. The number of anilines is 1. The molecule has 0 fully saturated rings. The van der Waals surface area contributed by atoms with Crippen LogP contribution in [-0.4, -0.2) is 45.9 Å². The van der Waals surface area contributed by atoms with Gasteiger partial charge in [0.1, 0.15) is 10.7 Å². The highest BCUT2D eigenvalue weighted by atomic mass is 32.1. The lowest BCUT2D eigenvalue weighted by Gasteiger charge is -2.28. The SMILES string of the molecule is Cn1cc(N)c(CN2N=Cc3c(n(C)c4nc(Cc5cc[nH]n5)sc34)C2O)n1. The van der Waals surface area contributed by atoms with Gasteiger partial charge in [-0.2, -0.15) is 15.3 Å². The van der Waals surface area contributed by atoms with Crippen molar-refractivity contribution in [1.29, 1.82) is 0 Å². The van der Waals surface area contributed by atoms with Gasteiger partial charge in [0, 0.05) is 38.5 Å². The van der Waals surface area contributed by atoms with Gasteiger partial charge in [-0.15, -0.1) is 11.3 Å². The predicted octanol–water partition coefficient (Wildman–Crippen LogP) is 1.11. The van der Waals surface area contributed by atoms with Gasteiger partial charge < -0.3 is 15.4 Å². The van der Waals surface area contributed by atoms with Gasteiger partial charge >= 0.3 is 0 Å². The molecule has 4 aromatic rings. The molecule has 11 heteroatoms. The van der Waals surface area contributed by atoms with Crippen molar-refractivity contribution in [1.82, 2.24) is 34.5 Å². The van der Waals surface area contributed by atoms with E-state index in [1.807, 2.05) is 24.7 Å². The number of nitrogens with one attached hydrogen (secondary N) is 1. The van der Waals surface area contributed by atoms with Crippen molar-refractivity contribution >= 4 is 33.6 Å². The van der Waals surface area contributed by atoms with Crippen LogP contribution in [0.5, 0.6) is 0 Å². The molecule has 10 nitrogen and oxygen atoms in total. The molecule has 5 rings (SSSR count). The normalized spacial score (nSPS) is 16.2. The summed E-state index contributed by atoms with van der Waals surface area (Å²) in [5.74, 6) is 0. The molecule has 0 aromatic carbocycles. The molecule has 5 heterocycles. The second-order valence-corrected chi connectivity index (χ2v) is 7.86. The zero-order valence-corrected chi connectivity index (χ0v) is 16.2. The van der Waals surface area contributed by atoms with Crippen LogP contribution in [0.4, 0.5) is 5.69 Å². The fourth-order valence-corrected chi connectivity index (χ4v) is 4.65. The summed E-state index contributed by atoms with van der Waals surface area (Å²) in [6.45, 7) is 0.320. The van der Waals surface area contributed by atoms with Gasteiger partial charge in [0.25, 0.3) is 0 Å². The highest BCUT2D eigenvalue weighted by Crippen LogP contribution is 2.37. The van der Waals surface area contributed by atoms with Crippen molar-refractivity contribution in [3.05, 3.63) is 46.1 Å². The molecule has 0 spiro atoms. The minimum Gasteiger partial charge on any atom is -0.396 e. The van der Waals surface area contributed by atoms with Crippen LogP contribution >= 0.6 is 11.3 Å². The number of aromatic amines is 1. The Labute approximate surface area is 163 Å². The van der Waals surface area contributed by atoms with Gasteiger partial charge in [0.2, 0.25) is 0 Å². The highest BCUT2D eigenvalue weighted by Gasteiger charge is 2.31. The predicted molar refractivity (Wildman–Crippen MR) is 106 cm³/mol. The molecular weight excluding hydrogens is 378 g/mol. The zero-order chi connectivity index (χ0) is 19.4. The number of nitrogens with two attached hydrogens (primary N) is 1. The molecule has 0 aliphatic carbocycles. The van der Waals surface area contributed by atoms with Gasteiger partial charge in [-0.05, 0) is 6.07 Å². The maximum absolute atomic E-state index is 10.9. The second-order valence-electron chi connectivity index (χ2n) is 6.78. The number of aliphatic hydroxyl groups excluding tert-OH is 1. The standard InChI is InChI=1S/C17H19N9OS/c1-24-7-11(18)12(23-24)8-26-17(27)14-10(6-20-26)15-16(25(14)2)21-13(28-15)5-9-3-4-19-22-9/h3-4,6-7,17,27H,5,8,18H2,1-2H3,(H,19,22). The summed E-state index contributed by atoms with van der Waals surface area (Å²) < 4.78 is 4.60. The highest BCUT2D eigenvalue weighted by molar-refractivity contribution is 7.19. The number of hydrogen-bond donors (Lipinski definition) is 3. The Kier molecular flexibility index (Phi) is 3.74. The molecule has 1 unspecified atom stereocenters. The fourth-order valence-electron chi connectivity index (χ4n) is 3.52. The van der Waals surface area contributed by atoms with E-state index < -0.39 is 6.23 Å². The van der Waals surface area contributed by atoms with Crippen molar-refractivity contribution in [2.24, 2.45) is 19.2 Å². The van der Waals surface area contributed by atoms with Crippen LogP contribution in [-0.2, 0) is 27.1 Å². The van der Waals surface area contributed by atoms with Crippen molar-refractivity contribution in [2.45, 2.75) is 19.2 Å². The van der Waals surface area contributed by atoms with E-state index in [0.29, 0.717) is 24.3 Å². The molecule has 0 amide bonds. The van der Waals surface area contributed by atoms with Crippen LogP contribution in [0.2, 0.25) is 0 Å². The van der Waals surface area contributed by atoms with E-state index in [1.165, 1.54) is 0 Å². The van der Waals surface area contributed by atoms with E-state index in [-0.39, 0.29) is 0 Å². The number of aromatic nitrogens is 6. The van der Waals surface area contributed by atoms with E-state index in [2.05, 4.69) is 20.4 Å². The van der Waals surface area contributed by atoms with Crippen molar-refractivity contribution < 1.29 is 5.11 Å². The van der Waals surface area contributed by atoms with Crippen LogP contribution in [0.25, 0.3) is 10.3 Å². The molecule has 144 valence electrons. The van der Waals surface area contributed by atoms with Crippen LogP contribution < -0.4 is 5.73 Å². The smallest absolute Gasteiger partial charge is 0.184 e. The van der Waals surface area contributed by atoms with Gasteiger partial charge in [0.05, 0.1) is 34.5 Å². The maximum Gasteiger partial charge on any atom is 0.184 e. The lowest BCUT2D eigenvalue weighted by atomic mass is 10.2. The van der Waals surface area contributed by atoms with E-state index in [1.54, 1.807) is 39.6 Å². The molecule has 28 heavy (non-hydrogen) atoms. The summed E-state index contributed by atoms with van der Waals surface area (Å²) in [4.78, 5) is 4.75. The minimum absolute atomic E-state index is 0.320. The average molecular weight is 397 g/mol. The Balaban J connectivity index is 1.48. The van der Waals surface area contributed by atoms with E-state index in [0.717, 1.165) is 32.3 Å². The Morgan fingerprint density at radius 3 is 2.93 bits per heavy atom. The molecular formula is C17H19N9OS. The summed E-state index contributed by atoms with van der Waals surface area (Å²) in [7, 11) is 3.72. The molecule has 0 bridgehead atoms. The van der Waals surface area contributed by atoms with E-state index in [9.17, 15) is 5.11 Å². The van der Waals surface area contributed by atoms with Crippen LogP contribution in [0.1, 0.15) is 33.9 Å². The maximum atomic E-state index is 10.9. The van der Waals surface area contributed by atoms with Gasteiger partial charge in [-0.1, -0.05) is 0 Å². The average Bonchev–Trinajstić information content (AvgIpc) is 3.40. The lowest BCUT2D eigenvalue weighted by molar-refractivity contribution is -0.0107. The lowest BCUT2D eigenvalue weighted by Crippen LogP contribution is -2.29. The number of H-pyrrole nitrogens is 1. The number of aliphatic hydroxyl groups is 1. The summed E-state index contributed by atoms with van der Waals surface area (Å²) in [6.07, 6.45) is 5.09. The number of rotatable bonds is 4. The Morgan fingerprint density at radius 2 is 2.21 bits per heavy atom. The molecule has 0 radical (unpaired) electrons. The van der Waals surface area contributed by atoms with Crippen molar-refractivity contribution in [3.8, 4) is 0 Å². The topological polar surface area (TPSA) is 126 Å². The second kappa shape index (κ2) is 6.17. The molecule has 0 saturated heterocycles. The number of fused-ring (bicyclic) bond motifs is 3. The monoisotopic (exact) mass is 397 g/mol. The number of aryl methyl sites for hydroxylation is 2. The number of hydrazone groups is 1. The summed E-state index contributed by atoms with van der Waals surface area (Å²) in [5.41, 5.74) is 10.7. The van der Waals surface area contributed by atoms with Gasteiger partial charge in [-0.3, -0.25) is 14.8 Å². The molecule has 1 aliphatic heterocycles. The molecule has 1 atom stereocenters. The number of nitrogens with zero attached hydrogens (tertiary/aromatic N) is 7. The Hall–Kier alpha value is -3.18. The van der Waals surface area contributed by atoms with Gasteiger partial charge in [0.15, 0.2) is 11.9 Å². The molecule has 0 saturated carbocycles. The van der Waals surface area contributed by atoms with Crippen LogP contribution in [0.15, 0.2) is 23.6 Å².